The topological polar surface area (TPSA) is 21.3 Å². The molecule has 1 N–H and O–H groups in total. The van der Waals surface area contributed by atoms with Crippen molar-refractivity contribution in [2.24, 2.45) is 0 Å². The van der Waals surface area contributed by atoms with Crippen LogP contribution in [0.4, 0.5) is 0 Å². The van der Waals surface area contributed by atoms with E-state index in [1.807, 2.05) is 6.07 Å². The average Bonchev–Trinajstić information content (AvgIpc) is 2.34. The van der Waals surface area contributed by atoms with Gasteiger partial charge in [-0.15, -0.1) is 0 Å². The van der Waals surface area contributed by atoms with E-state index in [0.29, 0.717) is 12.1 Å². The molecule has 0 saturated carbocycles. The van der Waals surface area contributed by atoms with E-state index >= 15 is 0 Å². The molecule has 0 spiro atoms. The van der Waals surface area contributed by atoms with Gasteiger partial charge < -0.3 is 10.1 Å². The van der Waals surface area contributed by atoms with Crippen molar-refractivity contribution >= 4 is 10.8 Å². The van der Waals surface area contributed by atoms with Crippen LogP contribution in [0.25, 0.3) is 10.8 Å². The van der Waals surface area contributed by atoms with Crippen LogP contribution in [0.2, 0.25) is 0 Å². The van der Waals surface area contributed by atoms with Gasteiger partial charge in [0.2, 0.25) is 0 Å². The van der Waals surface area contributed by atoms with E-state index in [0.717, 1.165) is 5.75 Å². The Labute approximate surface area is 102 Å². The standard InChI is InChI=1S/C15H17NO/c1-10-7-15(16-10)13-4-3-12-9-14(17-2)6-5-11(12)8-13/h3-6,8-10,15-16H,7H2,1-2H3. The highest BCUT2D eigenvalue weighted by atomic mass is 16.5. The fourth-order valence-corrected chi connectivity index (χ4v) is 2.49. The highest BCUT2D eigenvalue weighted by Crippen LogP contribution is 2.30. The summed E-state index contributed by atoms with van der Waals surface area (Å²) in [5.41, 5.74) is 1.39. The number of ether oxygens (including phenoxy) is 1. The number of hydrogen-bond donors (Lipinski definition) is 1. The van der Waals surface area contributed by atoms with Gasteiger partial charge in [-0.2, -0.15) is 0 Å². The van der Waals surface area contributed by atoms with Crippen molar-refractivity contribution in [1.29, 1.82) is 0 Å². The minimum absolute atomic E-state index is 0.538. The molecule has 3 rings (SSSR count). The molecule has 2 aromatic rings. The van der Waals surface area contributed by atoms with Gasteiger partial charge in [0, 0.05) is 12.1 Å². The molecule has 0 aliphatic carbocycles. The molecule has 0 bridgehead atoms. The van der Waals surface area contributed by atoms with E-state index in [-0.39, 0.29) is 0 Å². The summed E-state index contributed by atoms with van der Waals surface area (Å²) in [4.78, 5) is 0. The highest BCUT2D eigenvalue weighted by molar-refractivity contribution is 5.84. The summed E-state index contributed by atoms with van der Waals surface area (Å²) < 4.78 is 5.23. The lowest BCUT2D eigenvalue weighted by Gasteiger charge is -2.35. The van der Waals surface area contributed by atoms with Crippen molar-refractivity contribution in [2.75, 3.05) is 7.11 Å². The minimum atomic E-state index is 0.538. The second-order valence-electron chi connectivity index (χ2n) is 4.83. The van der Waals surface area contributed by atoms with Gasteiger partial charge in [0.05, 0.1) is 7.11 Å². The van der Waals surface area contributed by atoms with E-state index in [1.165, 1.54) is 22.8 Å². The molecule has 17 heavy (non-hydrogen) atoms. The maximum Gasteiger partial charge on any atom is 0.119 e. The fourth-order valence-electron chi connectivity index (χ4n) is 2.49. The Morgan fingerprint density at radius 3 is 2.53 bits per heavy atom. The Kier molecular flexibility index (Phi) is 2.52. The first-order valence-electron chi connectivity index (χ1n) is 6.10. The van der Waals surface area contributed by atoms with E-state index in [2.05, 4.69) is 42.6 Å². The van der Waals surface area contributed by atoms with Crippen LogP contribution in [-0.2, 0) is 0 Å². The summed E-state index contributed by atoms with van der Waals surface area (Å²) in [6.07, 6.45) is 1.24. The van der Waals surface area contributed by atoms with Crippen LogP contribution in [0.1, 0.15) is 24.9 Å². The van der Waals surface area contributed by atoms with Crippen LogP contribution >= 0.6 is 0 Å². The first-order chi connectivity index (χ1) is 8.26. The molecular weight excluding hydrogens is 210 g/mol. The van der Waals surface area contributed by atoms with Gasteiger partial charge in [0.1, 0.15) is 5.75 Å². The molecule has 0 amide bonds. The molecule has 2 nitrogen and oxygen atoms in total. The minimum Gasteiger partial charge on any atom is -0.497 e. The van der Waals surface area contributed by atoms with Gasteiger partial charge in [-0.3, -0.25) is 0 Å². The Balaban J connectivity index is 1.96. The number of nitrogens with one attached hydrogen (secondary N) is 1. The molecule has 0 aromatic heterocycles. The molecule has 1 saturated heterocycles. The van der Waals surface area contributed by atoms with Crippen molar-refractivity contribution < 1.29 is 4.74 Å². The average molecular weight is 227 g/mol. The number of fused-ring (bicyclic) bond motifs is 1. The number of methoxy groups -OCH3 is 1. The predicted octanol–water partition coefficient (Wildman–Crippen LogP) is 3.27. The Morgan fingerprint density at radius 2 is 1.82 bits per heavy atom. The zero-order chi connectivity index (χ0) is 11.8. The van der Waals surface area contributed by atoms with Gasteiger partial charge in [-0.1, -0.05) is 18.2 Å². The molecular formula is C15H17NO. The summed E-state index contributed by atoms with van der Waals surface area (Å²) >= 11 is 0. The van der Waals surface area contributed by atoms with Crippen LogP contribution in [0.15, 0.2) is 36.4 Å². The molecule has 1 aliphatic heterocycles. The molecule has 2 heteroatoms. The third-order valence-corrected chi connectivity index (χ3v) is 3.55. The van der Waals surface area contributed by atoms with Crippen LogP contribution in [-0.4, -0.2) is 13.2 Å². The summed E-state index contributed by atoms with van der Waals surface area (Å²) in [5.74, 6) is 0.917. The number of hydrogen-bond acceptors (Lipinski definition) is 2. The van der Waals surface area contributed by atoms with Crippen LogP contribution < -0.4 is 10.1 Å². The van der Waals surface area contributed by atoms with E-state index < -0.39 is 0 Å². The van der Waals surface area contributed by atoms with E-state index in [1.54, 1.807) is 7.11 Å². The van der Waals surface area contributed by atoms with Crippen molar-refractivity contribution in [3.63, 3.8) is 0 Å². The van der Waals surface area contributed by atoms with E-state index in [9.17, 15) is 0 Å². The molecule has 88 valence electrons. The summed E-state index contributed by atoms with van der Waals surface area (Å²) in [5, 5.41) is 6.04. The molecule has 1 fully saturated rings. The maximum absolute atomic E-state index is 5.23. The Hall–Kier alpha value is -1.54. The highest BCUT2D eigenvalue weighted by Gasteiger charge is 2.25. The summed E-state index contributed by atoms with van der Waals surface area (Å²) in [6.45, 7) is 2.22. The Bertz CT molecular complexity index is 544. The Morgan fingerprint density at radius 1 is 1.12 bits per heavy atom. The van der Waals surface area contributed by atoms with Crippen molar-refractivity contribution in [2.45, 2.75) is 25.4 Å². The first kappa shape index (κ1) is 10.6. The van der Waals surface area contributed by atoms with Gasteiger partial charge in [0.15, 0.2) is 0 Å². The SMILES string of the molecule is COc1ccc2cc(C3CC(C)N3)ccc2c1. The van der Waals surface area contributed by atoms with Crippen molar-refractivity contribution in [1.82, 2.24) is 5.32 Å². The smallest absolute Gasteiger partial charge is 0.119 e. The monoisotopic (exact) mass is 227 g/mol. The van der Waals surface area contributed by atoms with Crippen LogP contribution in [0.3, 0.4) is 0 Å². The van der Waals surface area contributed by atoms with Gasteiger partial charge in [0.25, 0.3) is 0 Å². The van der Waals surface area contributed by atoms with Crippen LogP contribution in [0, 0.1) is 0 Å². The maximum atomic E-state index is 5.23. The third-order valence-electron chi connectivity index (χ3n) is 3.55. The third kappa shape index (κ3) is 1.89. The van der Waals surface area contributed by atoms with Crippen molar-refractivity contribution in [3.8, 4) is 5.75 Å². The number of rotatable bonds is 2. The molecule has 1 aliphatic rings. The zero-order valence-electron chi connectivity index (χ0n) is 10.2. The lowest BCUT2D eigenvalue weighted by Crippen LogP contribution is -2.43. The second kappa shape index (κ2) is 4.04. The lowest BCUT2D eigenvalue weighted by molar-refractivity contribution is 0.288. The summed E-state index contributed by atoms with van der Waals surface area (Å²) in [7, 11) is 1.70. The molecule has 2 aromatic carbocycles. The number of benzene rings is 2. The van der Waals surface area contributed by atoms with Gasteiger partial charge in [-0.05, 0) is 47.9 Å². The summed E-state index contributed by atoms with van der Waals surface area (Å²) in [6, 6.07) is 14.1. The van der Waals surface area contributed by atoms with E-state index in [4.69, 9.17) is 4.74 Å². The lowest BCUT2D eigenvalue weighted by atomic mass is 9.90. The largest absolute Gasteiger partial charge is 0.497 e. The van der Waals surface area contributed by atoms with Gasteiger partial charge in [-0.25, -0.2) is 0 Å². The van der Waals surface area contributed by atoms with Crippen molar-refractivity contribution in [3.05, 3.63) is 42.0 Å². The quantitative estimate of drug-likeness (QED) is 0.850. The van der Waals surface area contributed by atoms with Gasteiger partial charge >= 0.3 is 0 Å². The van der Waals surface area contributed by atoms with Crippen LogP contribution in [0.5, 0.6) is 5.75 Å². The molecule has 0 radical (unpaired) electrons. The first-order valence-corrected chi connectivity index (χ1v) is 6.10. The second-order valence-corrected chi connectivity index (χ2v) is 4.83. The normalized spacial score (nSPS) is 23.4. The molecule has 2 atom stereocenters. The zero-order valence-corrected chi connectivity index (χ0v) is 10.2. The fraction of sp³-hybridized carbons (Fsp3) is 0.333. The molecule has 1 heterocycles. The molecule has 2 unspecified atom stereocenters. The predicted molar refractivity (Wildman–Crippen MR) is 70.5 cm³/mol.